The third kappa shape index (κ3) is 29.8. The van der Waals surface area contributed by atoms with E-state index in [9.17, 15) is 39.8 Å². The van der Waals surface area contributed by atoms with Crippen LogP contribution < -0.4 is 0 Å². The molecule has 0 aromatic rings. The van der Waals surface area contributed by atoms with Crippen molar-refractivity contribution < 1.29 is 58.3 Å². The minimum atomic E-state index is -5.02. The summed E-state index contributed by atoms with van der Waals surface area (Å²) in [6.07, 6.45) is 32.1. The van der Waals surface area contributed by atoms with Crippen molar-refractivity contribution in [2.24, 2.45) is 0 Å². The Kier molecular flexibility index (Phi) is 35.9. The molecule has 0 bridgehead atoms. The number of rotatable bonds is 40. The van der Waals surface area contributed by atoms with E-state index in [0.29, 0.717) is 13.0 Å². The quantitative estimate of drug-likeness (QED) is 0.0148. The van der Waals surface area contributed by atoms with Gasteiger partial charge in [0.15, 0.2) is 0 Å². The second-order valence-corrected chi connectivity index (χ2v) is 18.0. The molecule has 0 saturated heterocycles. The number of phosphoric acid groups is 1. The summed E-state index contributed by atoms with van der Waals surface area (Å²) in [5, 5.41) is 50.2. The van der Waals surface area contributed by atoms with E-state index in [0.717, 1.165) is 70.6 Å². The lowest BCUT2D eigenvalue weighted by atomic mass is 9.85. The third-order valence-corrected chi connectivity index (χ3v) is 12.0. The zero-order valence-corrected chi connectivity index (χ0v) is 38.4. The Morgan fingerprint density at radius 3 is 1.50 bits per heavy atom. The van der Waals surface area contributed by atoms with Gasteiger partial charge in [-0.1, -0.05) is 179 Å². The van der Waals surface area contributed by atoms with Gasteiger partial charge in [-0.3, -0.25) is 13.8 Å². The van der Waals surface area contributed by atoms with Crippen LogP contribution in [0.15, 0.2) is 36.5 Å². The molecule has 13 heteroatoms. The molecule has 6 unspecified atom stereocenters. The highest BCUT2D eigenvalue weighted by Crippen LogP contribution is 2.47. The first-order valence-electron chi connectivity index (χ1n) is 23.8. The molecule has 1 saturated carbocycles. The number of aliphatic hydroxyl groups excluding tert-OH is 5. The van der Waals surface area contributed by atoms with Crippen LogP contribution in [0, 0.1) is 0 Å². The summed E-state index contributed by atoms with van der Waals surface area (Å²) in [5.74, 6) is -0.492. The summed E-state index contributed by atoms with van der Waals surface area (Å²) in [5.41, 5.74) is 0. The molecule has 0 heterocycles. The molecule has 0 amide bonds. The minimum absolute atomic E-state index is 0.0811. The van der Waals surface area contributed by atoms with Gasteiger partial charge < -0.3 is 39.9 Å². The third-order valence-electron chi connectivity index (χ3n) is 11.0. The normalized spacial score (nSPS) is 22.6. The summed E-state index contributed by atoms with van der Waals surface area (Å²) in [6.45, 7) is 4.15. The van der Waals surface area contributed by atoms with Gasteiger partial charge in [0, 0.05) is 13.0 Å². The van der Waals surface area contributed by atoms with Crippen LogP contribution in [0.3, 0.4) is 0 Å². The van der Waals surface area contributed by atoms with E-state index < -0.39 is 63.1 Å². The van der Waals surface area contributed by atoms with Crippen molar-refractivity contribution in [3.63, 3.8) is 0 Å². The molecule has 0 radical (unpaired) electrons. The summed E-state index contributed by atoms with van der Waals surface area (Å²) < 4.78 is 34.2. The predicted molar refractivity (Wildman–Crippen MR) is 239 cm³/mol. The molecular formula is C47H87O12P. The first-order valence-corrected chi connectivity index (χ1v) is 25.3. The highest BCUT2D eigenvalue weighted by molar-refractivity contribution is 7.47. The Hall–Kier alpha value is -1.44. The van der Waals surface area contributed by atoms with Crippen LogP contribution in [0.2, 0.25) is 0 Å². The number of allylic oxidation sites excluding steroid dienone is 6. The highest BCUT2D eigenvalue weighted by Gasteiger charge is 2.51. The maximum absolute atomic E-state index is 12.8. The standard InChI is InChI=1S/C47H87O12P/c1-3-5-7-9-11-13-15-17-19-20-21-23-25-27-29-31-33-35-37-56-38-40(39-57-60(54,55)59-47-45(52)43(50)42(49)44(51)46(47)53)58-41(48)36-34-32-30-28-26-24-22-18-16-14-12-10-8-6-4-2/h6,8,12,14,18,22,40,42-47,49-53H,3-5,7,9-11,13,15-17,19-21,23-39H2,1-2H3,(H,54,55)/b8-6-,14-12-,22-18-/t40-,42?,43-,44?,45?,46?,47?/m1/s1. The Morgan fingerprint density at radius 2 is 0.983 bits per heavy atom. The van der Waals surface area contributed by atoms with Gasteiger partial charge in [-0.25, -0.2) is 4.57 Å². The maximum atomic E-state index is 12.8. The lowest BCUT2D eigenvalue weighted by Crippen LogP contribution is -2.64. The van der Waals surface area contributed by atoms with Crippen LogP contribution in [0.1, 0.15) is 194 Å². The van der Waals surface area contributed by atoms with Gasteiger partial charge in [0.05, 0.1) is 13.2 Å². The van der Waals surface area contributed by atoms with E-state index in [4.69, 9.17) is 18.5 Å². The summed E-state index contributed by atoms with van der Waals surface area (Å²) in [4.78, 5) is 23.2. The molecule has 0 aromatic carbocycles. The molecule has 1 aliphatic carbocycles. The summed E-state index contributed by atoms with van der Waals surface area (Å²) >= 11 is 0. The fourth-order valence-electron chi connectivity index (χ4n) is 7.25. The molecule has 12 nitrogen and oxygen atoms in total. The second kappa shape index (κ2) is 38.1. The number of carbonyl (C=O) groups excluding carboxylic acids is 1. The summed E-state index contributed by atoms with van der Waals surface area (Å²) in [7, 11) is -5.02. The molecule has 6 N–H and O–H groups in total. The van der Waals surface area contributed by atoms with E-state index in [2.05, 4.69) is 50.3 Å². The first kappa shape index (κ1) is 56.6. The van der Waals surface area contributed by atoms with Gasteiger partial charge in [-0.05, 0) is 44.9 Å². The molecule has 8 atom stereocenters. The van der Waals surface area contributed by atoms with Crippen molar-refractivity contribution in [2.45, 2.75) is 236 Å². The van der Waals surface area contributed by atoms with Crippen molar-refractivity contribution >= 4 is 13.8 Å². The SMILES string of the molecule is CC/C=C\C/C=C\C/C=C\CCCCCCCC(=O)O[C@H](COCCCCCCCCCCCCCCCCCCCC)COP(=O)(O)OC1C(O)C(O)C(O)[C@@H](O)C1O. The lowest BCUT2D eigenvalue weighted by molar-refractivity contribution is -0.220. The molecule has 352 valence electrons. The zero-order valence-electron chi connectivity index (χ0n) is 37.5. The van der Waals surface area contributed by atoms with E-state index in [1.807, 2.05) is 0 Å². The van der Waals surface area contributed by atoms with Crippen LogP contribution in [0.5, 0.6) is 0 Å². The van der Waals surface area contributed by atoms with Crippen LogP contribution in [0.4, 0.5) is 0 Å². The largest absolute Gasteiger partial charge is 0.472 e. The number of carbonyl (C=O) groups is 1. The van der Waals surface area contributed by atoms with E-state index >= 15 is 0 Å². The molecule has 1 aliphatic rings. The number of ether oxygens (including phenoxy) is 2. The van der Waals surface area contributed by atoms with Crippen molar-refractivity contribution in [1.29, 1.82) is 0 Å². The van der Waals surface area contributed by atoms with E-state index in [-0.39, 0.29) is 13.0 Å². The average Bonchev–Trinajstić information content (AvgIpc) is 3.23. The lowest BCUT2D eigenvalue weighted by Gasteiger charge is -2.41. The van der Waals surface area contributed by atoms with Gasteiger partial charge in [0.25, 0.3) is 0 Å². The van der Waals surface area contributed by atoms with Crippen LogP contribution >= 0.6 is 7.82 Å². The molecule has 1 fully saturated rings. The predicted octanol–water partition coefficient (Wildman–Crippen LogP) is 9.87. The fraction of sp³-hybridized carbons (Fsp3) is 0.851. The Bertz CT molecular complexity index is 1130. The smallest absolute Gasteiger partial charge is 0.457 e. The molecule has 0 aliphatic heterocycles. The molecule has 1 rings (SSSR count). The number of aliphatic hydroxyl groups is 5. The fourth-order valence-corrected chi connectivity index (χ4v) is 8.23. The molecule has 60 heavy (non-hydrogen) atoms. The van der Waals surface area contributed by atoms with Crippen molar-refractivity contribution in [2.75, 3.05) is 19.8 Å². The number of hydrogen-bond acceptors (Lipinski definition) is 11. The highest BCUT2D eigenvalue weighted by atomic mass is 31.2. The Balaban J connectivity index is 2.38. The van der Waals surface area contributed by atoms with Gasteiger partial charge >= 0.3 is 13.8 Å². The van der Waals surface area contributed by atoms with Crippen LogP contribution in [-0.2, 0) is 27.9 Å². The second-order valence-electron chi connectivity index (χ2n) is 16.6. The first-order chi connectivity index (χ1) is 29.0. The molecule has 0 aromatic heterocycles. The topological polar surface area (TPSA) is 192 Å². The Morgan fingerprint density at radius 1 is 0.550 bits per heavy atom. The number of hydrogen-bond donors (Lipinski definition) is 6. The summed E-state index contributed by atoms with van der Waals surface area (Å²) in [6, 6.07) is 0. The van der Waals surface area contributed by atoms with Gasteiger partial charge in [-0.2, -0.15) is 0 Å². The molecular weight excluding hydrogens is 787 g/mol. The number of phosphoric ester groups is 1. The van der Waals surface area contributed by atoms with Crippen molar-refractivity contribution in [3.05, 3.63) is 36.5 Å². The van der Waals surface area contributed by atoms with Crippen LogP contribution in [-0.4, -0.2) is 98.9 Å². The van der Waals surface area contributed by atoms with Gasteiger partial charge in [-0.15, -0.1) is 0 Å². The van der Waals surface area contributed by atoms with Crippen LogP contribution in [0.25, 0.3) is 0 Å². The van der Waals surface area contributed by atoms with Crippen molar-refractivity contribution in [1.82, 2.24) is 0 Å². The maximum Gasteiger partial charge on any atom is 0.472 e. The Labute approximate surface area is 363 Å². The monoisotopic (exact) mass is 875 g/mol. The number of esters is 1. The minimum Gasteiger partial charge on any atom is -0.457 e. The molecule has 0 spiro atoms. The number of unbranched alkanes of at least 4 members (excludes halogenated alkanes) is 22. The van der Waals surface area contributed by atoms with Gasteiger partial charge in [0.1, 0.15) is 42.7 Å². The van der Waals surface area contributed by atoms with E-state index in [1.54, 1.807) is 0 Å². The van der Waals surface area contributed by atoms with Gasteiger partial charge in [0.2, 0.25) is 0 Å². The van der Waals surface area contributed by atoms with E-state index in [1.165, 1.54) is 96.3 Å². The average molecular weight is 875 g/mol. The zero-order chi connectivity index (χ0) is 44.1. The van der Waals surface area contributed by atoms with Crippen molar-refractivity contribution in [3.8, 4) is 0 Å².